The smallest absolute Gasteiger partial charge is 0.327 e. The summed E-state index contributed by atoms with van der Waals surface area (Å²) >= 11 is 27.4. The van der Waals surface area contributed by atoms with Crippen molar-refractivity contribution in [3.8, 4) is 90.1 Å². The zero-order valence-corrected chi connectivity index (χ0v) is 68.1. The number of carbonyl (C=O) groups is 1. The second kappa shape index (κ2) is 36.4. The highest BCUT2D eigenvalue weighted by Gasteiger charge is 2.29. The maximum Gasteiger partial charge on any atom is 0.327 e. The van der Waals surface area contributed by atoms with Crippen LogP contribution in [0.5, 0.6) is 0 Å². The molecular weight excluding hydrogens is 1550 g/mol. The number of likely N-dealkylation sites (tertiary alicyclic amines) is 1. The van der Waals surface area contributed by atoms with Gasteiger partial charge in [-0.25, -0.2) is 18.7 Å². The van der Waals surface area contributed by atoms with E-state index < -0.39 is 11.6 Å². The molecule has 2 saturated heterocycles. The van der Waals surface area contributed by atoms with Crippen LogP contribution in [0, 0.1) is 0 Å². The number of piperazine rings is 1. The van der Waals surface area contributed by atoms with E-state index in [1.165, 1.54) is 11.8 Å². The van der Waals surface area contributed by atoms with Crippen LogP contribution in [0.4, 0.5) is 0 Å². The van der Waals surface area contributed by atoms with Gasteiger partial charge in [0.2, 0.25) is 0 Å². The molecule has 2 fully saturated rings. The van der Waals surface area contributed by atoms with Crippen LogP contribution < -0.4 is 0 Å². The van der Waals surface area contributed by atoms with Crippen molar-refractivity contribution in [3.05, 3.63) is 275 Å². The van der Waals surface area contributed by atoms with Gasteiger partial charge in [0.15, 0.2) is 22.6 Å². The molecule has 0 amide bonds. The number of hydrogen-bond donors (Lipinski definition) is 1. The molecule has 18 rings (SSSR count). The second-order valence-electron chi connectivity index (χ2n) is 28.9. The zero-order valence-electron chi connectivity index (χ0n) is 65.0. The Kier molecular flexibility index (Phi) is 25.0. The summed E-state index contributed by atoms with van der Waals surface area (Å²) in [5.74, 6) is -0.427. The number of rotatable bonds is 19. The number of benzene rings is 8. The van der Waals surface area contributed by atoms with Gasteiger partial charge in [0, 0.05) is 110 Å². The van der Waals surface area contributed by atoms with E-state index in [-0.39, 0.29) is 13.1 Å². The molecule has 10 heterocycles. The number of fused-ring (bicyclic) bond motifs is 4. The predicted octanol–water partition coefficient (Wildman–Crippen LogP) is 17.7. The molecule has 23 nitrogen and oxygen atoms in total. The highest BCUT2D eigenvalue weighted by Crippen LogP contribution is 2.42. The van der Waals surface area contributed by atoms with Crippen LogP contribution in [-0.4, -0.2) is 184 Å². The van der Waals surface area contributed by atoms with Crippen molar-refractivity contribution >= 4 is 96.5 Å². The van der Waals surface area contributed by atoms with E-state index in [1.807, 2.05) is 228 Å². The van der Waals surface area contributed by atoms with Gasteiger partial charge in [-0.2, -0.15) is 20.4 Å². The number of methoxy groups -OCH3 is 2. The molecule has 1 atom stereocenters. The molecule has 117 heavy (non-hydrogen) atoms. The van der Waals surface area contributed by atoms with Gasteiger partial charge in [-0.05, 0) is 20.3 Å². The van der Waals surface area contributed by atoms with Gasteiger partial charge in [0.25, 0.3) is 0 Å². The Morgan fingerprint density at radius 1 is 0.402 bits per heavy atom. The molecule has 0 saturated carbocycles. The molecule has 0 unspecified atom stereocenters. The Morgan fingerprint density at radius 3 is 0.991 bits per heavy atom. The largest absolute Gasteiger partial charge is 0.468 e. The van der Waals surface area contributed by atoms with Crippen molar-refractivity contribution < 1.29 is 19.4 Å². The second-order valence-corrected chi connectivity index (χ2v) is 30.4. The molecule has 0 aliphatic carbocycles. The minimum Gasteiger partial charge on any atom is -0.468 e. The number of aromatic nitrogens is 16. The standard InChI is InChI=1S/C25H25ClN6.C24H24ClN5O.C21H19ClN4O.C20H15ClN4O2/c1-18-17-31(14-13-30(18)2)15-16-32-25-21(23(29-32)19-9-5-3-6-10-19)22(26)24(27-28-25)20-11-7-4-8-12-20;1-31-19-12-13-29(16-19)14-15-30-24-20(22(28-30)17-8-4-2-5-9-17)21(25)23(26-27-24)18-10-6-3-7-11-18;1-21(2,27)13-26-20-16(18(25-26)14-9-5-3-6-10-14)17(22)19(23-24-20)15-11-7-4-8-12-15;1-27-15(26)12-25-20-16(18(24-25)13-8-4-2-5-9-13)17(21)19(22-23-20)14-10-6-3-7-11-14/h3-12H,1,13-17H2,2H3;2-11,19H,12-16H2,1H3;3-12,27H,13H2,1-2H3;2-11H,12H2,1H3/t;19-;;/m.1../s1. The number of esters is 1. The fourth-order valence-corrected chi connectivity index (χ4v) is 15.5. The normalized spacial score (nSPS) is 13.8. The Labute approximate surface area is 696 Å². The molecule has 2 aliphatic rings. The van der Waals surface area contributed by atoms with Crippen molar-refractivity contribution in [2.24, 2.45) is 0 Å². The van der Waals surface area contributed by atoms with E-state index in [9.17, 15) is 9.90 Å². The lowest BCUT2D eigenvalue weighted by molar-refractivity contribution is -0.141. The number of carbonyl (C=O) groups excluding carboxylic acids is 1. The Morgan fingerprint density at radius 2 is 0.692 bits per heavy atom. The molecule has 0 bridgehead atoms. The fraction of sp³-hybridized carbons (Fsp3) is 0.211. The molecule has 2 aliphatic heterocycles. The third-order valence-corrected chi connectivity index (χ3v) is 21.8. The van der Waals surface area contributed by atoms with Gasteiger partial charge in [-0.3, -0.25) is 14.6 Å². The first-order chi connectivity index (χ1) is 57.0. The van der Waals surface area contributed by atoms with Gasteiger partial charge in [0.1, 0.15) is 52.1 Å². The van der Waals surface area contributed by atoms with E-state index in [0.717, 1.165) is 142 Å². The van der Waals surface area contributed by atoms with Crippen molar-refractivity contribution in [2.45, 2.75) is 58.2 Å². The molecule has 27 heteroatoms. The van der Waals surface area contributed by atoms with Crippen LogP contribution in [0.25, 0.3) is 134 Å². The molecule has 8 aromatic heterocycles. The van der Waals surface area contributed by atoms with Gasteiger partial charge in [-0.1, -0.05) is 296 Å². The van der Waals surface area contributed by atoms with Gasteiger partial charge in [0.05, 0.1) is 80.1 Å². The van der Waals surface area contributed by atoms with E-state index in [4.69, 9.17) is 71.2 Å². The minimum absolute atomic E-state index is 0.0739. The summed E-state index contributed by atoms with van der Waals surface area (Å²) in [6.07, 6.45) is 1.38. The lowest BCUT2D eigenvalue weighted by Crippen LogP contribution is -2.43. The molecule has 8 aromatic carbocycles. The quantitative estimate of drug-likeness (QED) is 0.0740. The van der Waals surface area contributed by atoms with Gasteiger partial charge < -0.3 is 19.5 Å². The van der Waals surface area contributed by atoms with Crippen LogP contribution in [0.3, 0.4) is 0 Å². The lowest BCUT2D eigenvalue weighted by atomic mass is 10.1. The number of ether oxygens (including phenoxy) is 2. The summed E-state index contributed by atoms with van der Waals surface area (Å²) in [6, 6.07) is 78.8. The first-order valence-electron chi connectivity index (χ1n) is 38.3. The summed E-state index contributed by atoms with van der Waals surface area (Å²) in [6.45, 7) is 15.8. The Balaban J connectivity index is 0.000000123. The SMILES string of the molecule is C=C1CN(CCn2nc(-c3ccccc3)c3c(Cl)c(-c4ccccc4)nnc32)CCN1C.CC(C)(O)Cn1nc(-c2ccccc2)c2c(Cl)c(-c3ccccc3)nnc21.COC(=O)Cn1nc(-c2ccccc2)c2c(Cl)c(-c3ccccc3)nnc21.CO[C@@H]1CCN(CCn2nc(-c3ccccc3)c3c(Cl)c(-c4ccccc4)nnc32)C1. The van der Waals surface area contributed by atoms with Crippen LogP contribution in [0.1, 0.15) is 20.3 Å². The molecule has 590 valence electrons. The third-order valence-electron chi connectivity index (χ3n) is 20.3. The molecule has 16 aromatic rings. The third kappa shape index (κ3) is 18.0. The molecule has 0 radical (unpaired) electrons. The number of likely N-dealkylation sites (N-methyl/N-ethyl adjacent to an activating group) is 1. The molecule has 0 spiro atoms. The number of hydrogen-bond acceptors (Lipinski definition) is 19. The molecular formula is C90H83Cl4N19O4. The summed E-state index contributed by atoms with van der Waals surface area (Å²) in [5, 5.41) is 70.1. The Bertz CT molecular complexity index is 6130. The number of halogens is 4. The number of nitrogens with zero attached hydrogens (tertiary/aromatic N) is 19. The van der Waals surface area contributed by atoms with E-state index in [1.54, 1.807) is 25.6 Å². The Hall–Kier alpha value is -12.0. The maximum absolute atomic E-state index is 11.8. The van der Waals surface area contributed by atoms with Crippen LogP contribution in [0.2, 0.25) is 20.1 Å². The average Bonchev–Trinajstić information content (AvgIpc) is 1.64. The van der Waals surface area contributed by atoms with Crippen molar-refractivity contribution in [1.29, 1.82) is 0 Å². The summed E-state index contributed by atoms with van der Waals surface area (Å²) in [5.41, 5.74) is 15.7. The minimum atomic E-state index is -0.945. The number of aliphatic hydroxyl groups is 1. The summed E-state index contributed by atoms with van der Waals surface area (Å²) < 4.78 is 17.3. The molecule has 1 N–H and O–H groups in total. The predicted molar refractivity (Wildman–Crippen MR) is 463 cm³/mol. The van der Waals surface area contributed by atoms with Crippen LogP contribution >= 0.6 is 46.4 Å². The first-order valence-corrected chi connectivity index (χ1v) is 39.8. The van der Waals surface area contributed by atoms with Crippen LogP contribution in [-0.2, 0) is 40.4 Å². The zero-order chi connectivity index (χ0) is 81.1. The van der Waals surface area contributed by atoms with Crippen LogP contribution in [0.15, 0.2) is 255 Å². The van der Waals surface area contributed by atoms with E-state index in [0.29, 0.717) is 89.2 Å². The highest BCUT2D eigenvalue weighted by atomic mass is 35.5. The monoisotopic (exact) mass is 1630 g/mol. The first kappa shape index (κ1) is 80.2. The fourth-order valence-electron chi connectivity index (χ4n) is 14.2. The van der Waals surface area contributed by atoms with Crippen molar-refractivity contribution in [3.63, 3.8) is 0 Å². The highest BCUT2D eigenvalue weighted by molar-refractivity contribution is 6.40. The average molecular weight is 1640 g/mol. The van der Waals surface area contributed by atoms with E-state index in [2.05, 4.69) is 98.5 Å². The van der Waals surface area contributed by atoms with Crippen molar-refractivity contribution in [2.75, 3.05) is 67.1 Å². The van der Waals surface area contributed by atoms with E-state index >= 15 is 0 Å². The van der Waals surface area contributed by atoms with Crippen molar-refractivity contribution in [1.82, 2.24) is 94.6 Å². The maximum atomic E-state index is 11.8. The van der Waals surface area contributed by atoms with Gasteiger partial charge in [-0.15, -0.1) is 40.8 Å². The summed E-state index contributed by atoms with van der Waals surface area (Å²) in [4.78, 5) is 18.8. The lowest BCUT2D eigenvalue weighted by Gasteiger charge is -2.35. The van der Waals surface area contributed by atoms with Gasteiger partial charge >= 0.3 is 5.97 Å². The topological polar surface area (TPSA) is 240 Å². The summed E-state index contributed by atoms with van der Waals surface area (Å²) in [7, 11) is 5.20.